The van der Waals surface area contributed by atoms with Crippen LogP contribution in [0, 0.1) is 0 Å². The van der Waals surface area contributed by atoms with E-state index in [1.165, 1.54) is 11.8 Å². The number of halogens is 1. The highest BCUT2D eigenvalue weighted by atomic mass is 35.5. The van der Waals surface area contributed by atoms with Gasteiger partial charge in [0.1, 0.15) is 5.75 Å². The van der Waals surface area contributed by atoms with Crippen LogP contribution in [-0.4, -0.2) is 35.0 Å². The van der Waals surface area contributed by atoms with Gasteiger partial charge in [0.25, 0.3) is 5.22 Å². The van der Waals surface area contributed by atoms with Gasteiger partial charge < -0.3 is 14.5 Å². The second kappa shape index (κ2) is 9.61. The number of nitrogens with one attached hydrogen (secondary N) is 1. The molecule has 0 saturated heterocycles. The molecule has 6 nitrogen and oxygen atoms in total. The van der Waals surface area contributed by atoms with E-state index in [9.17, 15) is 4.79 Å². The third kappa shape index (κ3) is 5.50. The lowest BCUT2D eigenvalue weighted by molar-refractivity contribution is -0.120. The van der Waals surface area contributed by atoms with Crippen molar-refractivity contribution in [3.63, 3.8) is 0 Å². The predicted molar refractivity (Wildman–Crippen MR) is 110 cm³/mol. The van der Waals surface area contributed by atoms with E-state index in [0.717, 1.165) is 23.3 Å². The fourth-order valence-electron chi connectivity index (χ4n) is 2.47. The van der Waals surface area contributed by atoms with Crippen LogP contribution in [0.25, 0.3) is 11.5 Å². The summed E-state index contributed by atoms with van der Waals surface area (Å²) < 4.78 is 10.8. The lowest BCUT2D eigenvalue weighted by atomic mass is 10.1. The first-order valence-electron chi connectivity index (χ1n) is 8.72. The number of benzene rings is 2. The summed E-state index contributed by atoms with van der Waals surface area (Å²) >= 11 is 7.20. The summed E-state index contributed by atoms with van der Waals surface area (Å²) in [6.07, 6.45) is 0.743. The van der Waals surface area contributed by atoms with E-state index in [2.05, 4.69) is 15.5 Å². The summed E-state index contributed by atoms with van der Waals surface area (Å²) in [7, 11) is 1.63. The van der Waals surface area contributed by atoms with Gasteiger partial charge in [0, 0.05) is 17.1 Å². The molecule has 0 aliphatic rings. The van der Waals surface area contributed by atoms with E-state index in [0.29, 0.717) is 22.7 Å². The maximum Gasteiger partial charge on any atom is 0.277 e. The lowest BCUT2D eigenvalue weighted by Crippen LogP contribution is -2.32. The Morgan fingerprint density at radius 3 is 2.75 bits per heavy atom. The number of rotatable bonds is 8. The number of nitrogens with zero attached hydrogens (tertiary/aromatic N) is 2. The predicted octanol–water partition coefficient (Wildman–Crippen LogP) is 4.24. The molecule has 0 saturated carbocycles. The van der Waals surface area contributed by atoms with Gasteiger partial charge in [0.15, 0.2) is 0 Å². The summed E-state index contributed by atoms with van der Waals surface area (Å²) in [6.45, 7) is 2.35. The van der Waals surface area contributed by atoms with Gasteiger partial charge in [-0.05, 0) is 49.2 Å². The number of amides is 1. The van der Waals surface area contributed by atoms with Crippen molar-refractivity contribution in [1.82, 2.24) is 15.5 Å². The Hall–Kier alpha value is -2.51. The molecule has 0 aliphatic heterocycles. The fraction of sp³-hybridized carbons (Fsp3) is 0.250. The van der Waals surface area contributed by atoms with Crippen molar-refractivity contribution in [1.29, 1.82) is 0 Å². The molecule has 1 N–H and O–H groups in total. The zero-order valence-corrected chi connectivity index (χ0v) is 17.1. The van der Waals surface area contributed by atoms with Gasteiger partial charge in [-0.3, -0.25) is 4.79 Å². The van der Waals surface area contributed by atoms with Crippen LogP contribution in [-0.2, 0) is 11.2 Å². The highest BCUT2D eigenvalue weighted by molar-refractivity contribution is 8.00. The monoisotopic (exact) mass is 417 g/mol. The molecule has 1 aromatic heterocycles. The first-order chi connectivity index (χ1) is 13.5. The second-order valence-electron chi connectivity index (χ2n) is 6.03. The summed E-state index contributed by atoms with van der Waals surface area (Å²) in [4.78, 5) is 12.3. The molecule has 1 amide bonds. The van der Waals surface area contributed by atoms with Gasteiger partial charge >= 0.3 is 0 Å². The zero-order valence-electron chi connectivity index (χ0n) is 15.5. The van der Waals surface area contributed by atoms with Crippen molar-refractivity contribution in [2.24, 2.45) is 0 Å². The van der Waals surface area contributed by atoms with Crippen LogP contribution in [0.3, 0.4) is 0 Å². The van der Waals surface area contributed by atoms with Crippen LogP contribution in [0.1, 0.15) is 12.5 Å². The summed E-state index contributed by atoms with van der Waals surface area (Å²) in [6, 6.07) is 15.0. The Morgan fingerprint density at radius 2 is 2.04 bits per heavy atom. The van der Waals surface area contributed by atoms with Crippen molar-refractivity contribution in [2.45, 2.75) is 23.8 Å². The Bertz CT molecular complexity index is 930. The topological polar surface area (TPSA) is 77.2 Å². The second-order valence-corrected chi connectivity index (χ2v) is 7.76. The number of aromatic nitrogens is 2. The van der Waals surface area contributed by atoms with E-state index in [1.54, 1.807) is 26.2 Å². The summed E-state index contributed by atoms with van der Waals surface area (Å²) in [5.74, 6) is 1.10. The molecule has 0 fully saturated rings. The van der Waals surface area contributed by atoms with Crippen molar-refractivity contribution in [2.75, 3.05) is 13.7 Å². The van der Waals surface area contributed by atoms with Crippen LogP contribution in [0.4, 0.5) is 0 Å². The van der Waals surface area contributed by atoms with Crippen LogP contribution in [0.2, 0.25) is 5.02 Å². The first kappa shape index (κ1) is 20.2. The van der Waals surface area contributed by atoms with Crippen molar-refractivity contribution in [3.8, 4) is 17.2 Å². The molecular weight excluding hydrogens is 398 g/mol. The van der Waals surface area contributed by atoms with Crippen LogP contribution in [0.5, 0.6) is 5.75 Å². The summed E-state index contributed by atoms with van der Waals surface area (Å²) in [5.41, 5.74) is 1.87. The number of hydrogen-bond acceptors (Lipinski definition) is 6. The van der Waals surface area contributed by atoms with Crippen molar-refractivity contribution < 1.29 is 13.9 Å². The number of ether oxygens (including phenoxy) is 1. The number of carbonyl (C=O) groups excluding carboxylic acids is 1. The van der Waals surface area contributed by atoms with Gasteiger partial charge in [0.05, 0.1) is 12.4 Å². The van der Waals surface area contributed by atoms with E-state index < -0.39 is 0 Å². The smallest absolute Gasteiger partial charge is 0.277 e. The van der Waals surface area contributed by atoms with Crippen LogP contribution >= 0.6 is 23.4 Å². The number of methoxy groups -OCH3 is 1. The Labute approximate surface area is 172 Å². The molecular formula is C20H20ClN3O3S. The Morgan fingerprint density at radius 1 is 1.25 bits per heavy atom. The molecule has 1 heterocycles. The molecule has 28 heavy (non-hydrogen) atoms. The highest BCUT2D eigenvalue weighted by Gasteiger charge is 2.18. The van der Waals surface area contributed by atoms with Crippen LogP contribution in [0.15, 0.2) is 58.2 Å². The highest BCUT2D eigenvalue weighted by Crippen LogP contribution is 2.27. The Kier molecular flexibility index (Phi) is 6.95. The molecule has 3 rings (SSSR count). The average Bonchev–Trinajstić information content (AvgIpc) is 3.17. The number of carbonyl (C=O) groups is 1. The molecule has 146 valence electrons. The Balaban J connectivity index is 1.48. The lowest BCUT2D eigenvalue weighted by Gasteiger charge is -2.10. The average molecular weight is 418 g/mol. The molecule has 3 aromatic rings. The fourth-order valence-corrected chi connectivity index (χ4v) is 3.36. The molecule has 0 bridgehead atoms. The maximum atomic E-state index is 12.3. The zero-order chi connectivity index (χ0) is 19.9. The minimum Gasteiger partial charge on any atom is -0.497 e. The molecule has 1 atom stereocenters. The van der Waals surface area contributed by atoms with Crippen molar-refractivity contribution >= 4 is 29.3 Å². The van der Waals surface area contributed by atoms with Crippen molar-refractivity contribution in [3.05, 3.63) is 59.1 Å². The minimum absolute atomic E-state index is 0.0824. The molecule has 0 unspecified atom stereocenters. The molecule has 0 radical (unpaired) electrons. The molecule has 8 heteroatoms. The molecule has 0 aliphatic carbocycles. The van der Waals surface area contributed by atoms with E-state index in [1.807, 2.05) is 36.4 Å². The molecule has 0 spiro atoms. The van der Waals surface area contributed by atoms with Gasteiger partial charge in [-0.1, -0.05) is 41.6 Å². The maximum absolute atomic E-state index is 12.3. The summed E-state index contributed by atoms with van der Waals surface area (Å²) in [5, 5.41) is 11.5. The third-order valence-electron chi connectivity index (χ3n) is 4.00. The van der Waals surface area contributed by atoms with Crippen LogP contribution < -0.4 is 10.1 Å². The minimum atomic E-state index is -0.358. The number of hydrogen-bond donors (Lipinski definition) is 1. The van der Waals surface area contributed by atoms with Gasteiger partial charge in [0.2, 0.25) is 11.8 Å². The number of thioether (sulfide) groups is 1. The van der Waals surface area contributed by atoms with E-state index in [4.69, 9.17) is 20.8 Å². The van der Waals surface area contributed by atoms with E-state index >= 15 is 0 Å². The standard InChI is InChI=1S/C20H20ClN3O3S/c1-13(18(25)22-11-10-14-6-8-17(26-2)9-7-14)28-20-24-23-19(27-20)15-4-3-5-16(21)12-15/h3-9,12-13H,10-11H2,1-2H3,(H,22,25)/t13-/m0/s1. The van der Waals surface area contributed by atoms with Gasteiger partial charge in [-0.25, -0.2) is 0 Å². The first-order valence-corrected chi connectivity index (χ1v) is 9.97. The largest absolute Gasteiger partial charge is 0.497 e. The normalized spacial score (nSPS) is 11.8. The molecule has 2 aromatic carbocycles. The van der Waals surface area contributed by atoms with Gasteiger partial charge in [-0.2, -0.15) is 0 Å². The van der Waals surface area contributed by atoms with E-state index in [-0.39, 0.29) is 11.2 Å². The SMILES string of the molecule is COc1ccc(CCNC(=O)[C@H](C)Sc2nnc(-c3cccc(Cl)c3)o2)cc1. The quantitative estimate of drug-likeness (QED) is 0.552. The third-order valence-corrected chi connectivity index (χ3v) is 5.17. The van der Waals surface area contributed by atoms with Gasteiger partial charge in [-0.15, -0.1) is 10.2 Å².